The summed E-state index contributed by atoms with van der Waals surface area (Å²) in [6, 6.07) is 12.0. The summed E-state index contributed by atoms with van der Waals surface area (Å²) in [6.45, 7) is 13.2. The molecule has 0 heterocycles. The van der Waals surface area contributed by atoms with E-state index in [9.17, 15) is 19.5 Å². The lowest BCUT2D eigenvalue weighted by Gasteiger charge is -2.35. The molecule has 0 spiro atoms. The first-order chi connectivity index (χ1) is 17.3. The molecule has 0 aromatic heterocycles. The number of phenols is 1. The number of nitrogens with zero attached hydrogens (tertiary/aromatic N) is 1. The lowest BCUT2D eigenvalue weighted by atomic mass is 9.98. The Balaban J connectivity index is 2.51. The predicted octanol–water partition coefficient (Wildman–Crippen LogP) is 4.64. The number of ether oxygens (including phenoxy) is 1. The van der Waals surface area contributed by atoms with Crippen LogP contribution in [0.2, 0.25) is 0 Å². The fraction of sp³-hybridized carbons (Fsp3) is 0.483. The van der Waals surface area contributed by atoms with Crippen LogP contribution in [-0.4, -0.2) is 52.1 Å². The number of benzene rings is 2. The maximum atomic E-state index is 14.1. The van der Waals surface area contributed by atoms with E-state index in [4.69, 9.17) is 4.74 Å². The van der Waals surface area contributed by atoms with Gasteiger partial charge in [-0.2, -0.15) is 0 Å². The summed E-state index contributed by atoms with van der Waals surface area (Å²) >= 11 is 0. The first-order valence-corrected chi connectivity index (χ1v) is 12.8. The van der Waals surface area contributed by atoms with Crippen molar-refractivity contribution in [3.63, 3.8) is 0 Å². The summed E-state index contributed by atoms with van der Waals surface area (Å²) in [4.78, 5) is 41.9. The molecule has 0 radical (unpaired) electrons. The molecule has 8 heteroatoms. The second-order valence-corrected chi connectivity index (χ2v) is 10.6. The van der Waals surface area contributed by atoms with Crippen LogP contribution in [0.3, 0.4) is 0 Å². The third-order valence-corrected chi connectivity index (χ3v) is 5.46. The van der Waals surface area contributed by atoms with Gasteiger partial charge in [-0.25, -0.2) is 4.79 Å². The van der Waals surface area contributed by atoms with Crippen LogP contribution in [0.5, 0.6) is 5.75 Å². The third kappa shape index (κ3) is 9.44. The van der Waals surface area contributed by atoms with Gasteiger partial charge in [0.05, 0.1) is 0 Å². The van der Waals surface area contributed by atoms with Crippen molar-refractivity contribution in [1.29, 1.82) is 0 Å². The second-order valence-electron chi connectivity index (χ2n) is 10.6. The number of carbonyl (C=O) groups excluding carboxylic acids is 3. The number of alkyl carbamates (subject to hydrolysis) is 1. The zero-order chi connectivity index (χ0) is 27.8. The molecule has 0 aliphatic carbocycles. The molecule has 3 amide bonds. The van der Waals surface area contributed by atoms with Crippen LogP contribution in [0.15, 0.2) is 48.5 Å². The summed E-state index contributed by atoms with van der Waals surface area (Å²) < 4.78 is 5.44. The molecule has 8 nitrogen and oxygen atoms in total. The van der Waals surface area contributed by atoms with Gasteiger partial charge in [-0.3, -0.25) is 9.59 Å². The summed E-state index contributed by atoms with van der Waals surface area (Å²) in [7, 11) is 0. The highest BCUT2D eigenvalue weighted by Gasteiger charge is 2.36. The highest BCUT2D eigenvalue weighted by Crippen LogP contribution is 2.25. The van der Waals surface area contributed by atoms with Crippen molar-refractivity contribution in [2.45, 2.75) is 85.0 Å². The van der Waals surface area contributed by atoms with Gasteiger partial charge in [0.2, 0.25) is 11.8 Å². The Morgan fingerprint density at radius 1 is 1.03 bits per heavy atom. The number of rotatable bonds is 10. The largest absolute Gasteiger partial charge is 0.508 e. The number of carbonyl (C=O) groups is 3. The van der Waals surface area contributed by atoms with Crippen molar-refractivity contribution in [1.82, 2.24) is 15.5 Å². The Labute approximate surface area is 220 Å². The number of aryl methyl sites for hydroxylation is 1. The smallest absolute Gasteiger partial charge is 0.408 e. The first-order valence-electron chi connectivity index (χ1n) is 12.8. The average Bonchev–Trinajstić information content (AvgIpc) is 2.77. The molecule has 37 heavy (non-hydrogen) atoms. The van der Waals surface area contributed by atoms with Crippen LogP contribution in [-0.2, 0) is 20.7 Å². The minimum absolute atomic E-state index is 0.101. The van der Waals surface area contributed by atoms with E-state index in [1.54, 1.807) is 32.9 Å². The first kappa shape index (κ1) is 29.7. The predicted molar refractivity (Wildman–Crippen MR) is 144 cm³/mol. The zero-order valence-corrected chi connectivity index (χ0v) is 23.0. The van der Waals surface area contributed by atoms with Crippen molar-refractivity contribution in [2.75, 3.05) is 6.54 Å². The van der Waals surface area contributed by atoms with E-state index in [1.165, 1.54) is 17.0 Å². The van der Waals surface area contributed by atoms with Crippen LogP contribution in [0.1, 0.15) is 70.7 Å². The summed E-state index contributed by atoms with van der Waals surface area (Å²) in [5, 5.41) is 15.4. The lowest BCUT2D eigenvalue weighted by Crippen LogP contribution is -2.54. The molecule has 0 aliphatic heterocycles. The maximum absolute atomic E-state index is 14.1. The Morgan fingerprint density at radius 2 is 1.68 bits per heavy atom. The summed E-state index contributed by atoms with van der Waals surface area (Å²) in [5.41, 5.74) is 1.65. The van der Waals surface area contributed by atoms with Crippen LogP contribution in [0.4, 0.5) is 4.79 Å². The average molecular weight is 512 g/mol. The molecule has 2 unspecified atom stereocenters. The van der Waals surface area contributed by atoms with E-state index in [0.29, 0.717) is 18.5 Å². The zero-order valence-electron chi connectivity index (χ0n) is 23.0. The molecule has 2 aromatic carbocycles. The Hall–Kier alpha value is -3.55. The minimum Gasteiger partial charge on any atom is -0.508 e. The Kier molecular flexibility index (Phi) is 10.5. The number of nitrogens with one attached hydrogen (secondary N) is 2. The molecule has 0 saturated carbocycles. The van der Waals surface area contributed by atoms with Gasteiger partial charge in [0.25, 0.3) is 0 Å². The Morgan fingerprint density at radius 3 is 2.22 bits per heavy atom. The van der Waals surface area contributed by atoms with Crippen molar-refractivity contribution < 1.29 is 24.2 Å². The number of amides is 3. The molecule has 0 fully saturated rings. The maximum Gasteiger partial charge on any atom is 0.408 e. The normalized spacial score (nSPS) is 13.0. The number of hydrogen-bond acceptors (Lipinski definition) is 5. The quantitative estimate of drug-likeness (QED) is 0.431. The van der Waals surface area contributed by atoms with E-state index in [-0.39, 0.29) is 24.1 Å². The van der Waals surface area contributed by atoms with Crippen LogP contribution < -0.4 is 10.6 Å². The molecule has 2 atom stereocenters. The number of phenolic OH excluding ortho intramolecular Hbond substituents is 1. The van der Waals surface area contributed by atoms with Gasteiger partial charge >= 0.3 is 6.09 Å². The monoisotopic (exact) mass is 511 g/mol. The van der Waals surface area contributed by atoms with Gasteiger partial charge in [-0.1, -0.05) is 48.9 Å². The van der Waals surface area contributed by atoms with Gasteiger partial charge < -0.3 is 25.4 Å². The summed E-state index contributed by atoms with van der Waals surface area (Å²) in [6.07, 6.45) is 0.0477. The number of hydrogen-bond donors (Lipinski definition) is 3. The fourth-order valence-electron chi connectivity index (χ4n) is 4.00. The highest BCUT2D eigenvalue weighted by molar-refractivity contribution is 5.92. The van der Waals surface area contributed by atoms with Crippen LogP contribution in [0.25, 0.3) is 0 Å². The molecule has 0 bridgehead atoms. The van der Waals surface area contributed by atoms with E-state index >= 15 is 0 Å². The second kappa shape index (κ2) is 13.1. The van der Waals surface area contributed by atoms with Gasteiger partial charge in [0.15, 0.2) is 0 Å². The van der Waals surface area contributed by atoms with E-state index < -0.39 is 29.7 Å². The molecular weight excluding hydrogens is 470 g/mol. The Bertz CT molecular complexity index is 1060. The van der Waals surface area contributed by atoms with Gasteiger partial charge in [-0.15, -0.1) is 0 Å². The van der Waals surface area contributed by atoms with Crippen LogP contribution >= 0.6 is 0 Å². The van der Waals surface area contributed by atoms with E-state index in [0.717, 1.165) is 11.1 Å². The molecule has 0 aliphatic rings. The number of aromatic hydroxyl groups is 1. The highest BCUT2D eigenvalue weighted by atomic mass is 16.6. The lowest BCUT2D eigenvalue weighted by molar-refractivity contribution is -0.142. The standard InChI is InChI=1S/C29H41N3O5/c1-8-16-32(25(26(34)30-19(2)3)22-11-9-10-20(4)17-22)27(35)24(31-28(36)37-29(5,6)7)18-21-12-14-23(33)15-13-21/h9-15,17,19,24-25,33H,8,16,18H2,1-7H3,(H,30,34)(H,31,36). The van der Waals surface area contributed by atoms with E-state index in [2.05, 4.69) is 10.6 Å². The molecule has 0 saturated heterocycles. The fourth-order valence-corrected chi connectivity index (χ4v) is 4.00. The minimum atomic E-state index is -0.995. The van der Waals surface area contributed by atoms with Gasteiger partial charge in [0, 0.05) is 19.0 Å². The molecule has 202 valence electrons. The molecule has 2 rings (SSSR count). The molecule has 3 N–H and O–H groups in total. The molecule has 2 aromatic rings. The molecular formula is C29H41N3O5. The van der Waals surface area contributed by atoms with E-state index in [1.807, 2.05) is 52.0 Å². The topological polar surface area (TPSA) is 108 Å². The van der Waals surface area contributed by atoms with Crippen molar-refractivity contribution in [3.05, 3.63) is 65.2 Å². The van der Waals surface area contributed by atoms with Crippen molar-refractivity contribution in [2.24, 2.45) is 0 Å². The summed E-state index contributed by atoms with van der Waals surface area (Å²) in [5.74, 6) is -0.585. The van der Waals surface area contributed by atoms with Crippen molar-refractivity contribution in [3.8, 4) is 5.75 Å². The van der Waals surface area contributed by atoms with Crippen molar-refractivity contribution >= 4 is 17.9 Å². The SMILES string of the molecule is CCCN(C(=O)C(Cc1ccc(O)cc1)NC(=O)OC(C)(C)C)C(C(=O)NC(C)C)c1cccc(C)c1. The van der Waals surface area contributed by atoms with Gasteiger partial charge in [-0.05, 0) is 71.2 Å². The third-order valence-electron chi connectivity index (χ3n) is 5.46. The van der Waals surface area contributed by atoms with Crippen LogP contribution in [0, 0.1) is 6.92 Å². The van der Waals surface area contributed by atoms with Gasteiger partial charge in [0.1, 0.15) is 23.4 Å².